The zero-order valence-corrected chi connectivity index (χ0v) is 22.4. The predicted octanol–water partition coefficient (Wildman–Crippen LogP) is 4.62. The number of hydrogen-bond acceptors (Lipinski definition) is 4. The van der Waals surface area contributed by atoms with Crippen LogP contribution in [-0.2, 0) is 26.2 Å². The van der Waals surface area contributed by atoms with Gasteiger partial charge in [-0.15, -0.1) is 0 Å². The van der Waals surface area contributed by atoms with Gasteiger partial charge in [-0.05, 0) is 49.6 Å². The van der Waals surface area contributed by atoms with Crippen LogP contribution in [0.4, 0.5) is 10.1 Å². The second-order valence-electron chi connectivity index (χ2n) is 8.22. The summed E-state index contributed by atoms with van der Waals surface area (Å²) in [6, 6.07) is 9.31. The van der Waals surface area contributed by atoms with E-state index < -0.39 is 34.3 Å². The zero-order valence-electron chi connectivity index (χ0n) is 20.1. The van der Waals surface area contributed by atoms with E-state index >= 15 is 0 Å². The fourth-order valence-electron chi connectivity index (χ4n) is 3.42. The molecule has 0 radical (unpaired) electrons. The molecule has 11 heteroatoms. The van der Waals surface area contributed by atoms with Gasteiger partial charge in [-0.3, -0.25) is 13.9 Å². The summed E-state index contributed by atoms with van der Waals surface area (Å²) < 4.78 is 39.7. The normalized spacial score (nSPS) is 13.1. The second kappa shape index (κ2) is 12.6. The predicted molar refractivity (Wildman–Crippen MR) is 138 cm³/mol. The second-order valence-corrected chi connectivity index (χ2v) is 10.9. The maximum atomic E-state index is 13.7. The molecule has 2 aromatic rings. The van der Waals surface area contributed by atoms with Gasteiger partial charge in [0.2, 0.25) is 21.8 Å². The summed E-state index contributed by atoms with van der Waals surface area (Å²) in [5.41, 5.74) is 0.634. The number of benzene rings is 2. The van der Waals surface area contributed by atoms with Crippen LogP contribution >= 0.6 is 23.2 Å². The van der Waals surface area contributed by atoms with Crippen LogP contribution in [0.5, 0.6) is 0 Å². The Morgan fingerprint density at radius 1 is 1.06 bits per heavy atom. The molecule has 2 amide bonds. The molecule has 0 aliphatic heterocycles. The third-order valence-corrected chi connectivity index (χ3v) is 7.35. The molecule has 0 spiro atoms. The maximum absolute atomic E-state index is 13.7. The van der Waals surface area contributed by atoms with E-state index in [1.807, 2.05) is 13.8 Å². The summed E-state index contributed by atoms with van der Waals surface area (Å²) in [6.07, 6.45) is 1.93. The molecule has 0 fully saturated rings. The van der Waals surface area contributed by atoms with E-state index in [-0.39, 0.29) is 29.2 Å². The lowest BCUT2D eigenvalue weighted by Crippen LogP contribution is -2.53. The number of sulfonamides is 1. The van der Waals surface area contributed by atoms with Gasteiger partial charge < -0.3 is 10.2 Å². The van der Waals surface area contributed by atoms with Gasteiger partial charge in [-0.2, -0.15) is 0 Å². The summed E-state index contributed by atoms with van der Waals surface area (Å²) in [5.74, 6) is -1.69. The average Bonchev–Trinajstić information content (AvgIpc) is 2.79. The van der Waals surface area contributed by atoms with Crippen LogP contribution < -0.4 is 9.62 Å². The third kappa shape index (κ3) is 7.81. The lowest BCUT2D eigenvalue weighted by atomic mass is 10.1. The molecule has 192 valence electrons. The van der Waals surface area contributed by atoms with Crippen molar-refractivity contribution in [2.24, 2.45) is 0 Å². The first-order valence-electron chi connectivity index (χ1n) is 11.1. The van der Waals surface area contributed by atoms with E-state index in [0.29, 0.717) is 23.4 Å². The average molecular weight is 546 g/mol. The number of hydrogen-bond donors (Lipinski definition) is 1. The van der Waals surface area contributed by atoms with Crippen LogP contribution in [0.15, 0.2) is 42.5 Å². The van der Waals surface area contributed by atoms with Gasteiger partial charge in [0.25, 0.3) is 0 Å². The molecule has 7 nitrogen and oxygen atoms in total. The van der Waals surface area contributed by atoms with Crippen molar-refractivity contribution >= 4 is 50.7 Å². The maximum Gasteiger partial charge on any atom is 0.244 e. The van der Waals surface area contributed by atoms with Gasteiger partial charge in [0, 0.05) is 17.6 Å². The first-order valence-corrected chi connectivity index (χ1v) is 13.7. The minimum absolute atomic E-state index is 0.00723. The molecular weight excluding hydrogens is 516 g/mol. The summed E-state index contributed by atoms with van der Waals surface area (Å²) in [6.45, 7) is 4.93. The minimum atomic E-state index is -3.95. The Morgan fingerprint density at radius 3 is 2.26 bits per heavy atom. The van der Waals surface area contributed by atoms with Crippen LogP contribution in [0.25, 0.3) is 0 Å². The molecular formula is C24H30Cl2FN3O4S. The highest BCUT2D eigenvalue weighted by Gasteiger charge is 2.32. The smallest absolute Gasteiger partial charge is 0.244 e. The number of carbonyl (C=O) groups excluding carboxylic acids is 2. The Balaban J connectivity index is 2.47. The first-order chi connectivity index (χ1) is 16.4. The fourth-order valence-corrected chi connectivity index (χ4v) is 4.64. The molecule has 0 heterocycles. The Morgan fingerprint density at radius 2 is 1.71 bits per heavy atom. The lowest BCUT2D eigenvalue weighted by Gasteiger charge is -2.33. The lowest BCUT2D eigenvalue weighted by molar-refractivity contribution is -0.140. The van der Waals surface area contributed by atoms with E-state index in [2.05, 4.69) is 5.32 Å². The molecule has 0 unspecified atom stereocenters. The van der Waals surface area contributed by atoms with Gasteiger partial charge >= 0.3 is 0 Å². The van der Waals surface area contributed by atoms with Crippen molar-refractivity contribution in [1.29, 1.82) is 0 Å². The first kappa shape index (κ1) is 28.9. The van der Waals surface area contributed by atoms with E-state index in [1.165, 1.54) is 11.0 Å². The Bertz CT molecular complexity index is 1160. The van der Waals surface area contributed by atoms with Crippen molar-refractivity contribution in [2.75, 3.05) is 17.1 Å². The van der Waals surface area contributed by atoms with Gasteiger partial charge in [0.1, 0.15) is 18.4 Å². The zero-order chi connectivity index (χ0) is 26.3. The van der Waals surface area contributed by atoms with Crippen LogP contribution in [-0.4, -0.2) is 50.0 Å². The molecule has 0 saturated carbocycles. The third-order valence-electron chi connectivity index (χ3n) is 5.56. The van der Waals surface area contributed by atoms with Gasteiger partial charge in [0.05, 0.1) is 17.0 Å². The van der Waals surface area contributed by atoms with Gasteiger partial charge in [-0.1, -0.05) is 55.2 Å². The van der Waals surface area contributed by atoms with Crippen molar-refractivity contribution < 1.29 is 22.4 Å². The highest BCUT2D eigenvalue weighted by Crippen LogP contribution is 2.26. The Kier molecular flexibility index (Phi) is 10.4. The van der Waals surface area contributed by atoms with Crippen LogP contribution in [0.3, 0.4) is 0 Å². The molecule has 0 saturated heterocycles. The molecule has 0 bridgehead atoms. The fraction of sp³-hybridized carbons (Fsp3) is 0.417. The van der Waals surface area contributed by atoms with Crippen molar-refractivity contribution in [2.45, 2.75) is 52.2 Å². The molecule has 2 atom stereocenters. The molecule has 35 heavy (non-hydrogen) atoms. The van der Waals surface area contributed by atoms with E-state index in [1.54, 1.807) is 31.2 Å². The van der Waals surface area contributed by atoms with E-state index in [0.717, 1.165) is 22.7 Å². The summed E-state index contributed by atoms with van der Waals surface area (Å²) >= 11 is 12.2. The van der Waals surface area contributed by atoms with Crippen molar-refractivity contribution in [3.05, 3.63) is 63.9 Å². The highest BCUT2D eigenvalue weighted by molar-refractivity contribution is 7.92. The molecule has 0 aliphatic rings. The molecule has 2 rings (SSSR count). The number of anilines is 1. The number of rotatable bonds is 11. The molecule has 0 aliphatic carbocycles. The molecule has 2 aromatic carbocycles. The monoisotopic (exact) mass is 545 g/mol. The Labute approximate surface area is 216 Å². The number of halogens is 3. The van der Waals surface area contributed by atoms with Gasteiger partial charge in [-0.25, -0.2) is 12.8 Å². The number of amides is 2. The minimum Gasteiger partial charge on any atom is -0.352 e. The summed E-state index contributed by atoms with van der Waals surface area (Å²) in [5, 5.41) is 3.02. The number of nitrogens with zero attached hydrogens (tertiary/aromatic N) is 2. The van der Waals surface area contributed by atoms with Crippen molar-refractivity contribution in [3.63, 3.8) is 0 Å². The van der Waals surface area contributed by atoms with Crippen molar-refractivity contribution in [3.8, 4) is 0 Å². The summed E-state index contributed by atoms with van der Waals surface area (Å²) in [7, 11) is -3.95. The largest absolute Gasteiger partial charge is 0.352 e. The van der Waals surface area contributed by atoms with Crippen molar-refractivity contribution in [1.82, 2.24) is 10.2 Å². The SMILES string of the molecule is CC[C@@H](C)NC(=O)[C@@H](CC)N(Cc1ccccc1Cl)C(=O)CN(c1ccc(F)c(Cl)c1)S(C)(=O)=O. The highest BCUT2D eigenvalue weighted by atomic mass is 35.5. The Hall–Kier alpha value is -2.36. The molecule has 0 aromatic heterocycles. The van der Waals surface area contributed by atoms with E-state index in [4.69, 9.17) is 23.2 Å². The summed E-state index contributed by atoms with van der Waals surface area (Å²) in [4.78, 5) is 28.0. The van der Waals surface area contributed by atoms with E-state index in [9.17, 15) is 22.4 Å². The van der Waals surface area contributed by atoms with Crippen LogP contribution in [0.2, 0.25) is 10.0 Å². The topological polar surface area (TPSA) is 86.8 Å². The standard InChI is InChI=1S/C24H30Cl2FN3O4S/c1-5-16(3)28-24(32)22(6-2)29(14-17-9-7-8-10-19(17)25)23(31)15-30(35(4,33)34)18-11-12-21(27)20(26)13-18/h7-13,16,22H,5-6,14-15H2,1-4H3,(H,28,32)/t16-,22-/m1/s1. The molecule has 1 N–H and O–H groups in total. The van der Waals surface area contributed by atoms with Crippen LogP contribution in [0.1, 0.15) is 39.2 Å². The van der Waals surface area contributed by atoms with Gasteiger partial charge in [0.15, 0.2) is 0 Å². The van der Waals surface area contributed by atoms with Crippen LogP contribution in [0, 0.1) is 5.82 Å². The number of carbonyl (C=O) groups is 2. The number of nitrogens with one attached hydrogen (secondary N) is 1. The quantitative estimate of drug-likeness (QED) is 0.446.